The zero-order valence-corrected chi connectivity index (χ0v) is 16.1. The fraction of sp³-hybridized carbons (Fsp3) is 0.688. The van der Waals surface area contributed by atoms with E-state index in [0.29, 0.717) is 0 Å². The van der Waals surface area contributed by atoms with E-state index in [1.165, 1.54) is 48.5 Å². The standard InChI is InChI=1S/C16H25N3S.HI/c1-12-7-8-15(20-12)9-18-16(17-2)19-10-13-5-3-4-6-14(13)11-19;/h7-8,13-14H,3-6,9-11H2,1-2H3,(H,17,18);1H. The van der Waals surface area contributed by atoms with Crippen molar-refractivity contribution in [1.29, 1.82) is 0 Å². The van der Waals surface area contributed by atoms with Gasteiger partial charge in [-0.1, -0.05) is 12.8 Å². The van der Waals surface area contributed by atoms with Gasteiger partial charge >= 0.3 is 0 Å². The first-order valence-corrected chi connectivity index (χ1v) is 8.59. The molecule has 1 saturated heterocycles. The smallest absolute Gasteiger partial charge is 0.193 e. The summed E-state index contributed by atoms with van der Waals surface area (Å²) in [6.45, 7) is 5.47. The number of fused-ring (bicyclic) bond motifs is 1. The van der Waals surface area contributed by atoms with Gasteiger partial charge in [-0.2, -0.15) is 0 Å². The molecule has 0 aromatic carbocycles. The van der Waals surface area contributed by atoms with Gasteiger partial charge in [0, 0.05) is 29.9 Å². The van der Waals surface area contributed by atoms with Crippen molar-refractivity contribution >= 4 is 41.3 Å². The van der Waals surface area contributed by atoms with Crippen LogP contribution in [0.2, 0.25) is 0 Å². The molecule has 0 bridgehead atoms. The number of nitrogens with zero attached hydrogens (tertiary/aromatic N) is 2. The topological polar surface area (TPSA) is 27.6 Å². The van der Waals surface area contributed by atoms with Crippen LogP contribution in [0.15, 0.2) is 17.1 Å². The molecule has 0 radical (unpaired) electrons. The number of hydrogen-bond donors (Lipinski definition) is 1. The van der Waals surface area contributed by atoms with E-state index in [1.807, 2.05) is 18.4 Å². The maximum atomic E-state index is 4.49. The van der Waals surface area contributed by atoms with Gasteiger partial charge in [0.05, 0.1) is 6.54 Å². The molecule has 2 atom stereocenters. The van der Waals surface area contributed by atoms with Gasteiger partial charge in [-0.3, -0.25) is 4.99 Å². The Labute approximate surface area is 149 Å². The largest absolute Gasteiger partial charge is 0.351 e. The van der Waals surface area contributed by atoms with Crippen molar-refractivity contribution in [2.45, 2.75) is 39.2 Å². The highest BCUT2D eigenvalue weighted by Crippen LogP contribution is 2.35. The maximum Gasteiger partial charge on any atom is 0.193 e. The van der Waals surface area contributed by atoms with Crippen molar-refractivity contribution in [3.63, 3.8) is 0 Å². The number of aryl methyl sites for hydroxylation is 1. The highest BCUT2D eigenvalue weighted by atomic mass is 127. The lowest BCUT2D eigenvalue weighted by Gasteiger charge is -2.22. The van der Waals surface area contributed by atoms with Crippen molar-refractivity contribution in [2.24, 2.45) is 16.8 Å². The molecule has 1 saturated carbocycles. The van der Waals surface area contributed by atoms with Gasteiger partial charge in [0.25, 0.3) is 0 Å². The molecular formula is C16H26IN3S. The lowest BCUT2D eigenvalue weighted by molar-refractivity contribution is 0.299. The van der Waals surface area contributed by atoms with Gasteiger partial charge in [-0.05, 0) is 43.7 Å². The summed E-state index contributed by atoms with van der Waals surface area (Å²) in [5.41, 5.74) is 0. The molecule has 1 N–H and O–H groups in total. The minimum atomic E-state index is 0. The third-order valence-electron chi connectivity index (χ3n) is 4.70. The summed E-state index contributed by atoms with van der Waals surface area (Å²) in [5, 5.41) is 3.54. The molecule has 2 unspecified atom stereocenters. The summed E-state index contributed by atoms with van der Waals surface area (Å²) < 4.78 is 0. The lowest BCUT2D eigenvalue weighted by atomic mass is 9.82. The minimum absolute atomic E-state index is 0. The lowest BCUT2D eigenvalue weighted by Crippen LogP contribution is -2.39. The number of aliphatic imine (C=N–C) groups is 1. The average molecular weight is 419 g/mol. The first kappa shape index (κ1) is 17.1. The summed E-state index contributed by atoms with van der Waals surface area (Å²) in [6, 6.07) is 4.40. The van der Waals surface area contributed by atoms with E-state index in [1.54, 1.807) is 0 Å². The Morgan fingerprint density at radius 2 is 1.95 bits per heavy atom. The Morgan fingerprint density at radius 1 is 1.29 bits per heavy atom. The molecule has 2 aliphatic rings. The van der Waals surface area contributed by atoms with Crippen LogP contribution in [0, 0.1) is 18.8 Å². The number of guanidine groups is 1. The number of likely N-dealkylation sites (tertiary alicyclic amines) is 1. The van der Waals surface area contributed by atoms with Crippen LogP contribution in [-0.2, 0) is 6.54 Å². The van der Waals surface area contributed by atoms with Gasteiger partial charge in [0.1, 0.15) is 0 Å². The highest BCUT2D eigenvalue weighted by molar-refractivity contribution is 14.0. The Kier molecular flexibility index (Phi) is 6.34. The average Bonchev–Trinajstić information content (AvgIpc) is 3.05. The molecule has 3 rings (SSSR count). The number of rotatable bonds is 2. The SMILES string of the molecule is CN=C(NCc1ccc(C)s1)N1CC2CCCCC2C1.I. The zero-order valence-electron chi connectivity index (χ0n) is 13.0. The molecule has 1 aliphatic heterocycles. The van der Waals surface area contributed by atoms with E-state index in [2.05, 4.69) is 34.3 Å². The van der Waals surface area contributed by atoms with Crippen LogP contribution in [0.3, 0.4) is 0 Å². The molecule has 1 aromatic heterocycles. The summed E-state index contributed by atoms with van der Waals surface area (Å²) >= 11 is 1.87. The molecule has 3 nitrogen and oxygen atoms in total. The van der Waals surface area contributed by atoms with Crippen molar-refractivity contribution in [3.05, 3.63) is 21.9 Å². The van der Waals surface area contributed by atoms with Gasteiger partial charge in [-0.25, -0.2) is 0 Å². The molecule has 1 aliphatic carbocycles. The Balaban J connectivity index is 0.00000161. The third kappa shape index (κ3) is 4.12. The normalized spacial score (nSPS) is 25.4. The molecular weight excluding hydrogens is 393 g/mol. The Morgan fingerprint density at radius 3 is 2.48 bits per heavy atom. The summed E-state index contributed by atoms with van der Waals surface area (Å²) in [6.07, 6.45) is 5.69. The minimum Gasteiger partial charge on any atom is -0.351 e. The van der Waals surface area contributed by atoms with Crippen LogP contribution < -0.4 is 5.32 Å². The number of hydrogen-bond acceptors (Lipinski definition) is 2. The molecule has 118 valence electrons. The van der Waals surface area contributed by atoms with Crippen molar-refractivity contribution < 1.29 is 0 Å². The van der Waals surface area contributed by atoms with E-state index in [4.69, 9.17) is 0 Å². The first-order valence-electron chi connectivity index (χ1n) is 7.77. The van der Waals surface area contributed by atoms with E-state index in [0.717, 1.165) is 24.3 Å². The molecule has 2 fully saturated rings. The Hall–Kier alpha value is -0.300. The maximum absolute atomic E-state index is 4.49. The second kappa shape index (κ2) is 7.81. The molecule has 2 heterocycles. The van der Waals surface area contributed by atoms with E-state index >= 15 is 0 Å². The fourth-order valence-corrected chi connectivity index (χ4v) is 4.49. The van der Waals surface area contributed by atoms with Crippen molar-refractivity contribution in [2.75, 3.05) is 20.1 Å². The van der Waals surface area contributed by atoms with Gasteiger partial charge in [0.2, 0.25) is 0 Å². The molecule has 0 amide bonds. The molecule has 21 heavy (non-hydrogen) atoms. The second-order valence-electron chi connectivity index (χ2n) is 6.12. The van der Waals surface area contributed by atoms with Gasteiger partial charge in [0.15, 0.2) is 5.96 Å². The predicted molar refractivity (Wildman–Crippen MR) is 102 cm³/mol. The van der Waals surface area contributed by atoms with Crippen LogP contribution in [0.25, 0.3) is 0 Å². The predicted octanol–water partition coefficient (Wildman–Crippen LogP) is 3.87. The van der Waals surface area contributed by atoms with Gasteiger partial charge < -0.3 is 10.2 Å². The Bertz CT molecular complexity index is 472. The van der Waals surface area contributed by atoms with Crippen LogP contribution in [0.5, 0.6) is 0 Å². The van der Waals surface area contributed by atoms with Crippen LogP contribution in [0.1, 0.15) is 35.4 Å². The fourth-order valence-electron chi connectivity index (χ4n) is 3.66. The monoisotopic (exact) mass is 419 g/mol. The van der Waals surface area contributed by atoms with Crippen LogP contribution in [-0.4, -0.2) is 31.0 Å². The summed E-state index contributed by atoms with van der Waals surface area (Å²) in [7, 11) is 1.91. The quantitative estimate of drug-likeness (QED) is 0.448. The molecule has 5 heteroatoms. The molecule has 0 spiro atoms. The number of halogens is 1. The van der Waals surface area contributed by atoms with Crippen LogP contribution >= 0.6 is 35.3 Å². The van der Waals surface area contributed by atoms with Crippen molar-refractivity contribution in [3.8, 4) is 0 Å². The van der Waals surface area contributed by atoms with Crippen LogP contribution in [0.4, 0.5) is 0 Å². The molecule has 1 aromatic rings. The summed E-state index contributed by atoms with van der Waals surface area (Å²) in [5.74, 6) is 2.91. The highest BCUT2D eigenvalue weighted by Gasteiger charge is 2.35. The summed E-state index contributed by atoms with van der Waals surface area (Å²) in [4.78, 5) is 9.73. The zero-order chi connectivity index (χ0) is 13.9. The number of nitrogens with one attached hydrogen (secondary N) is 1. The van der Waals surface area contributed by atoms with Crippen molar-refractivity contribution in [1.82, 2.24) is 10.2 Å². The third-order valence-corrected chi connectivity index (χ3v) is 5.71. The second-order valence-corrected chi connectivity index (χ2v) is 7.50. The van der Waals surface area contributed by atoms with Gasteiger partial charge in [-0.15, -0.1) is 35.3 Å². The van der Waals surface area contributed by atoms with E-state index in [-0.39, 0.29) is 24.0 Å². The number of thiophene rings is 1. The van der Waals surface area contributed by atoms with E-state index < -0.39 is 0 Å². The first-order chi connectivity index (χ1) is 9.76. The van der Waals surface area contributed by atoms with E-state index in [9.17, 15) is 0 Å².